The van der Waals surface area contributed by atoms with E-state index in [9.17, 15) is 14.7 Å². The van der Waals surface area contributed by atoms with Crippen molar-refractivity contribution >= 4 is 34.9 Å². The third-order valence-electron chi connectivity index (χ3n) is 5.34. The number of hydrogen-bond donors (Lipinski definition) is 1. The van der Waals surface area contributed by atoms with Gasteiger partial charge in [0.1, 0.15) is 24.8 Å². The highest BCUT2D eigenvalue weighted by atomic mass is 35.5. The van der Waals surface area contributed by atoms with E-state index in [1.54, 1.807) is 60.7 Å². The molecule has 0 saturated carbocycles. The van der Waals surface area contributed by atoms with Crippen LogP contribution in [0.2, 0.25) is 5.02 Å². The van der Waals surface area contributed by atoms with Crippen LogP contribution in [0.1, 0.15) is 17.2 Å². The number of carbonyl (C=O) groups is 2. The third kappa shape index (κ3) is 3.36. The summed E-state index contributed by atoms with van der Waals surface area (Å²) in [5.74, 6) is -0.571. The summed E-state index contributed by atoms with van der Waals surface area (Å²) in [7, 11) is 0. The van der Waals surface area contributed by atoms with Gasteiger partial charge < -0.3 is 14.6 Å². The molecule has 1 atom stereocenters. The number of rotatable bonds is 3. The summed E-state index contributed by atoms with van der Waals surface area (Å²) < 4.78 is 11.1. The average molecular weight is 449 g/mol. The molecule has 1 unspecified atom stereocenters. The molecule has 32 heavy (non-hydrogen) atoms. The van der Waals surface area contributed by atoms with Gasteiger partial charge in [-0.2, -0.15) is 0 Å². The predicted octanol–water partition coefficient (Wildman–Crippen LogP) is 4.13. The van der Waals surface area contributed by atoms with E-state index < -0.39 is 17.7 Å². The Bertz CT molecular complexity index is 1240. The quantitative estimate of drug-likeness (QED) is 0.368. The number of benzene rings is 2. The molecule has 5 rings (SSSR count). The Kier molecular flexibility index (Phi) is 5.03. The number of fused-ring (bicyclic) bond motifs is 1. The second kappa shape index (κ2) is 8.01. The molecule has 0 radical (unpaired) electrons. The SMILES string of the molecule is O=C1C(=O)N(c2ccccn2)C(c2ccc(Cl)cc2)C1=C(O)c1ccc2c(c1)OCCO2. The van der Waals surface area contributed by atoms with Crippen LogP contribution in [0.25, 0.3) is 5.76 Å². The van der Waals surface area contributed by atoms with Crippen LogP contribution in [0.3, 0.4) is 0 Å². The summed E-state index contributed by atoms with van der Waals surface area (Å²) in [5, 5.41) is 11.7. The van der Waals surface area contributed by atoms with E-state index in [4.69, 9.17) is 21.1 Å². The van der Waals surface area contributed by atoms with Gasteiger partial charge in [-0.1, -0.05) is 29.8 Å². The topological polar surface area (TPSA) is 89.0 Å². The molecule has 0 aliphatic carbocycles. The van der Waals surface area contributed by atoms with Crippen molar-refractivity contribution in [1.82, 2.24) is 4.98 Å². The van der Waals surface area contributed by atoms with Crippen molar-refractivity contribution in [2.75, 3.05) is 18.1 Å². The number of anilines is 1. The van der Waals surface area contributed by atoms with E-state index in [2.05, 4.69) is 4.98 Å². The number of aliphatic hydroxyl groups excluding tert-OH is 1. The number of aliphatic hydroxyl groups is 1. The lowest BCUT2D eigenvalue weighted by Gasteiger charge is -2.24. The molecule has 2 aliphatic heterocycles. The molecule has 1 saturated heterocycles. The number of halogens is 1. The van der Waals surface area contributed by atoms with E-state index in [1.807, 2.05) is 0 Å². The van der Waals surface area contributed by atoms with Crippen molar-refractivity contribution < 1.29 is 24.2 Å². The van der Waals surface area contributed by atoms with E-state index in [0.717, 1.165) is 0 Å². The molecule has 8 heteroatoms. The fraction of sp³-hybridized carbons (Fsp3) is 0.125. The molecule has 1 N–H and O–H groups in total. The van der Waals surface area contributed by atoms with Crippen LogP contribution < -0.4 is 14.4 Å². The molecular weight excluding hydrogens is 432 g/mol. The monoisotopic (exact) mass is 448 g/mol. The van der Waals surface area contributed by atoms with Crippen molar-refractivity contribution in [3.63, 3.8) is 0 Å². The second-order valence-electron chi connectivity index (χ2n) is 7.27. The highest BCUT2D eigenvalue weighted by Gasteiger charge is 2.47. The van der Waals surface area contributed by atoms with Crippen LogP contribution >= 0.6 is 11.6 Å². The Balaban J connectivity index is 1.69. The number of Topliss-reactive ketones (excluding diaryl/α,β-unsaturated/α-hetero) is 1. The summed E-state index contributed by atoms with van der Waals surface area (Å²) in [4.78, 5) is 31.7. The van der Waals surface area contributed by atoms with Crippen molar-refractivity contribution in [3.8, 4) is 11.5 Å². The smallest absolute Gasteiger partial charge is 0.301 e. The van der Waals surface area contributed by atoms with Gasteiger partial charge in [0.25, 0.3) is 5.78 Å². The molecule has 1 aromatic heterocycles. The predicted molar refractivity (Wildman–Crippen MR) is 118 cm³/mol. The Morgan fingerprint density at radius 1 is 1.00 bits per heavy atom. The van der Waals surface area contributed by atoms with E-state index in [-0.39, 0.29) is 11.3 Å². The first-order valence-electron chi connectivity index (χ1n) is 9.92. The first-order valence-corrected chi connectivity index (χ1v) is 10.3. The van der Waals surface area contributed by atoms with Gasteiger partial charge in [0, 0.05) is 16.8 Å². The Labute approximate surface area is 188 Å². The van der Waals surface area contributed by atoms with Gasteiger partial charge in [0.2, 0.25) is 0 Å². The number of aromatic nitrogens is 1. The lowest BCUT2D eigenvalue weighted by molar-refractivity contribution is -0.132. The van der Waals surface area contributed by atoms with Gasteiger partial charge >= 0.3 is 5.91 Å². The highest BCUT2D eigenvalue weighted by molar-refractivity contribution is 6.51. The molecule has 1 amide bonds. The summed E-state index contributed by atoms with van der Waals surface area (Å²) in [5.41, 5.74) is 0.908. The summed E-state index contributed by atoms with van der Waals surface area (Å²) in [6.07, 6.45) is 1.54. The minimum Gasteiger partial charge on any atom is -0.507 e. The van der Waals surface area contributed by atoms with Crippen molar-refractivity contribution in [2.24, 2.45) is 0 Å². The van der Waals surface area contributed by atoms with Gasteiger partial charge in [0.05, 0.1) is 11.6 Å². The van der Waals surface area contributed by atoms with Crippen LogP contribution in [0, 0.1) is 0 Å². The number of carbonyl (C=O) groups excluding carboxylic acids is 2. The van der Waals surface area contributed by atoms with Crippen molar-refractivity contribution in [2.45, 2.75) is 6.04 Å². The third-order valence-corrected chi connectivity index (χ3v) is 5.59. The zero-order chi connectivity index (χ0) is 22.2. The number of amides is 1. The minimum absolute atomic E-state index is 0.0420. The number of ketones is 1. The van der Waals surface area contributed by atoms with Crippen LogP contribution in [-0.2, 0) is 9.59 Å². The van der Waals surface area contributed by atoms with Crippen LogP contribution in [0.15, 0.2) is 72.4 Å². The lowest BCUT2D eigenvalue weighted by atomic mass is 9.95. The summed E-state index contributed by atoms with van der Waals surface area (Å²) in [6, 6.07) is 15.8. The van der Waals surface area contributed by atoms with E-state index in [0.29, 0.717) is 46.7 Å². The fourth-order valence-electron chi connectivity index (χ4n) is 3.87. The normalized spacial score (nSPS) is 19.3. The van der Waals surface area contributed by atoms with Crippen LogP contribution in [0.4, 0.5) is 5.82 Å². The Morgan fingerprint density at radius 2 is 1.75 bits per heavy atom. The molecule has 3 aromatic rings. The molecule has 0 spiro atoms. The van der Waals surface area contributed by atoms with E-state index in [1.165, 1.54) is 11.1 Å². The largest absolute Gasteiger partial charge is 0.507 e. The summed E-state index contributed by atoms with van der Waals surface area (Å²) >= 11 is 6.04. The fourth-order valence-corrected chi connectivity index (χ4v) is 4.00. The number of nitrogens with zero attached hydrogens (tertiary/aromatic N) is 2. The maximum Gasteiger partial charge on any atom is 0.301 e. The first kappa shape index (κ1) is 20.1. The summed E-state index contributed by atoms with van der Waals surface area (Å²) in [6.45, 7) is 0.816. The first-order chi connectivity index (χ1) is 15.5. The molecule has 0 bridgehead atoms. The highest BCUT2D eigenvalue weighted by Crippen LogP contribution is 2.42. The van der Waals surface area contributed by atoms with Crippen LogP contribution in [0.5, 0.6) is 11.5 Å². The lowest BCUT2D eigenvalue weighted by Crippen LogP contribution is -2.30. The molecule has 2 aliphatic rings. The van der Waals surface area contributed by atoms with Crippen molar-refractivity contribution in [1.29, 1.82) is 0 Å². The Morgan fingerprint density at radius 3 is 2.47 bits per heavy atom. The zero-order valence-corrected chi connectivity index (χ0v) is 17.5. The molecule has 160 valence electrons. The second-order valence-corrected chi connectivity index (χ2v) is 7.70. The van der Waals surface area contributed by atoms with Gasteiger partial charge in [0.15, 0.2) is 11.5 Å². The maximum absolute atomic E-state index is 13.1. The van der Waals surface area contributed by atoms with E-state index >= 15 is 0 Å². The molecule has 1 fully saturated rings. The zero-order valence-electron chi connectivity index (χ0n) is 16.7. The standard InChI is InChI=1S/C24H17ClN2O5/c25-16-7-4-14(5-8-16)21-20(23(29)24(30)27(21)19-3-1-2-10-26-19)22(28)15-6-9-17-18(13-15)32-12-11-31-17/h1-10,13,21,28H,11-12H2. The van der Waals surface area contributed by atoms with Gasteiger partial charge in [-0.25, -0.2) is 4.98 Å². The number of pyridine rings is 1. The molecule has 7 nitrogen and oxygen atoms in total. The number of ether oxygens (including phenoxy) is 2. The molecule has 3 heterocycles. The average Bonchev–Trinajstić information content (AvgIpc) is 3.09. The maximum atomic E-state index is 13.1. The van der Waals surface area contributed by atoms with Gasteiger partial charge in [-0.3, -0.25) is 14.5 Å². The van der Waals surface area contributed by atoms with Crippen LogP contribution in [-0.4, -0.2) is 35.0 Å². The Hall–Kier alpha value is -3.84. The minimum atomic E-state index is -0.879. The molecule has 2 aromatic carbocycles. The van der Waals surface area contributed by atoms with Gasteiger partial charge in [-0.05, 0) is 48.0 Å². The molecular formula is C24H17ClN2O5. The van der Waals surface area contributed by atoms with Gasteiger partial charge in [-0.15, -0.1) is 0 Å². The van der Waals surface area contributed by atoms with Crippen molar-refractivity contribution in [3.05, 3.63) is 88.6 Å². The number of hydrogen-bond acceptors (Lipinski definition) is 6.